The molecule has 2 heteroatoms. The second-order valence-corrected chi connectivity index (χ2v) is 4.79. The summed E-state index contributed by atoms with van der Waals surface area (Å²) in [5, 5.41) is 0. The predicted molar refractivity (Wildman–Crippen MR) is 43.6 cm³/mol. The van der Waals surface area contributed by atoms with E-state index in [4.69, 9.17) is 4.74 Å². The third kappa shape index (κ3) is 0.764. The van der Waals surface area contributed by atoms with Gasteiger partial charge in [0.25, 0.3) is 0 Å². The number of ether oxygens (including phenoxy) is 1. The Morgan fingerprint density at radius 3 is 2.42 bits per heavy atom. The van der Waals surface area contributed by atoms with Crippen LogP contribution >= 0.6 is 0 Å². The topological polar surface area (TPSA) is 26.3 Å². The zero-order valence-electron chi connectivity index (χ0n) is 7.16. The molecular weight excluding hydrogens is 152 g/mol. The summed E-state index contributed by atoms with van der Waals surface area (Å²) in [5.74, 6) is 2.53. The summed E-state index contributed by atoms with van der Waals surface area (Å²) in [6, 6.07) is 0. The molecule has 0 radical (unpaired) electrons. The van der Waals surface area contributed by atoms with Crippen LogP contribution < -0.4 is 0 Å². The van der Waals surface area contributed by atoms with Crippen molar-refractivity contribution in [3.8, 4) is 0 Å². The Balaban J connectivity index is 1.62. The molecule has 3 rings (SSSR count). The lowest BCUT2D eigenvalue weighted by atomic mass is 9.79. The molecule has 1 saturated heterocycles. The van der Waals surface area contributed by atoms with E-state index in [1.165, 1.54) is 12.8 Å². The summed E-state index contributed by atoms with van der Waals surface area (Å²) in [5.41, 5.74) is 0.578. The van der Waals surface area contributed by atoms with E-state index in [9.17, 15) is 4.79 Å². The van der Waals surface area contributed by atoms with Gasteiger partial charge in [-0.1, -0.05) is 0 Å². The number of carbonyl (C=O) groups excluding carboxylic acids is 1. The summed E-state index contributed by atoms with van der Waals surface area (Å²) in [6.45, 7) is 1.99. The van der Waals surface area contributed by atoms with Gasteiger partial charge in [-0.3, -0.25) is 0 Å². The second kappa shape index (κ2) is 2.11. The minimum atomic E-state index is 0.578. The fourth-order valence-electron chi connectivity index (χ4n) is 3.30. The molecule has 2 unspecified atom stereocenters. The molecule has 2 saturated carbocycles. The molecule has 12 heavy (non-hydrogen) atoms. The average molecular weight is 166 g/mol. The van der Waals surface area contributed by atoms with Crippen LogP contribution in [0.4, 0.5) is 0 Å². The molecule has 0 bridgehead atoms. The molecule has 0 aromatic heterocycles. The van der Waals surface area contributed by atoms with Gasteiger partial charge in [-0.15, -0.1) is 0 Å². The van der Waals surface area contributed by atoms with E-state index in [-0.39, 0.29) is 0 Å². The van der Waals surface area contributed by atoms with E-state index in [0.29, 0.717) is 5.41 Å². The highest BCUT2D eigenvalue weighted by Crippen LogP contribution is 2.66. The van der Waals surface area contributed by atoms with Gasteiger partial charge in [-0.25, -0.2) is 0 Å². The first-order valence-electron chi connectivity index (χ1n) is 4.86. The van der Waals surface area contributed by atoms with E-state index < -0.39 is 0 Å². The third-order valence-electron chi connectivity index (χ3n) is 4.03. The molecule has 0 N–H and O–H groups in total. The van der Waals surface area contributed by atoms with Crippen LogP contribution in [0.25, 0.3) is 0 Å². The molecule has 1 aliphatic heterocycles. The van der Waals surface area contributed by atoms with Crippen LogP contribution in [-0.2, 0) is 9.53 Å². The summed E-state index contributed by atoms with van der Waals surface area (Å²) < 4.78 is 5.25. The van der Waals surface area contributed by atoms with Gasteiger partial charge >= 0.3 is 0 Å². The standard InChI is InChI=1S/C10H14O2/c11-2-1-7-8-3-10(4-9(7)8)5-12-6-10/h2,7-9H,1,3-6H2. The summed E-state index contributed by atoms with van der Waals surface area (Å²) in [6.07, 6.45) is 4.59. The highest BCUT2D eigenvalue weighted by Gasteiger charge is 2.62. The number of aldehydes is 1. The molecule has 0 aromatic rings. The molecule has 2 aliphatic carbocycles. The Hall–Kier alpha value is -0.370. The Kier molecular flexibility index (Phi) is 1.24. The number of rotatable bonds is 2. The highest BCUT2D eigenvalue weighted by atomic mass is 16.5. The van der Waals surface area contributed by atoms with Gasteiger partial charge < -0.3 is 9.53 Å². The first-order valence-corrected chi connectivity index (χ1v) is 4.86. The summed E-state index contributed by atoms with van der Waals surface area (Å²) in [7, 11) is 0. The minimum Gasteiger partial charge on any atom is -0.380 e. The lowest BCUT2D eigenvalue weighted by molar-refractivity contribution is -0.118. The van der Waals surface area contributed by atoms with Crippen LogP contribution in [0.1, 0.15) is 19.3 Å². The normalized spacial score (nSPS) is 46.8. The first-order chi connectivity index (χ1) is 5.85. The first kappa shape index (κ1) is 7.07. The summed E-state index contributed by atoms with van der Waals surface area (Å²) >= 11 is 0. The van der Waals surface area contributed by atoms with E-state index in [1.807, 2.05) is 0 Å². The quantitative estimate of drug-likeness (QED) is 0.577. The van der Waals surface area contributed by atoms with Crippen molar-refractivity contribution < 1.29 is 9.53 Å². The Labute approximate surface area is 72.3 Å². The van der Waals surface area contributed by atoms with Crippen molar-refractivity contribution in [2.24, 2.45) is 23.2 Å². The number of carbonyl (C=O) groups is 1. The van der Waals surface area contributed by atoms with Crippen molar-refractivity contribution >= 4 is 6.29 Å². The Morgan fingerprint density at radius 1 is 1.33 bits per heavy atom. The van der Waals surface area contributed by atoms with E-state index in [1.54, 1.807) is 0 Å². The molecule has 1 spiro atoms. The fraction of sp³-hybridized carbons (Fsp3) is 0.900. The van der Waals surface area contributed by atoms with Gasteiger partial charge in [0.2, 0.25) is 0 Å². The lowest BCUT2D eigenvalue weighted by Gasteiger charge is -2.39. The van der Waals surface area contributed by atoms with Crippen LogP contribution in [0.2, 0.25) is 0 Å². The van der Waals surface area contributed by atoms with Crippen LogP contribution in [0.5, 0.6) is 0 Å². The van der Waals surface area contributed by atoms with Gasteiger partial charge in [-0.2, -0.15) is 0 Å². The molecule has 3 aliphatic rings. The molecule has 66 valence electrons. The SMILES string of the molecule is O=CCC1C2CC3(COC3)CC12. The molecule has 0 amide bonds. The van der Waals surface area contributed by atoms with Gasteiger partial charge in [0.1, 0.15) is 6.29 Å². The van der Waals surface area contributed by atoms with Crippen LogP contribution in [-0.4, -0.2) is 19.5 Å². The van der Waals surface area contributed by atoms with Gasteiger partial charge in [0.15, 0.2) is 0 Å². The molecule has 2 atom stereocenters. The lowest BCUT2D eigenvalue weighted by Crippen LogP contribution is -2.41. The maximum absolute atomic E-state index is 10.3. The van der Waals surface area contributed by atoms with Crippen molar-refractivity contribution in [2.75, 3.05) is 13.2 Å². The van der Waals surface area contributed by atoms with Crippen LogP contribution in [0, 0.1) is 23.2 Å². The maximum atomic E-state index is 10.3. The predicted octanol–water partition coefficient (Wildman–Crippen LogP) is 1.25. The molecule has 0 aromatic carbocycles. The number of hydrogen-bond donors (Lipinski definition) is 0. The maximum Gasteiger partial charge on any atom is 0.120 e. The van der Waals surface area contributed by atoms with Gasteiger partial charge in [0, 0.05) is 11.8 Å². The van der Waals surface area contributed by atoms with Crippen LogP contribution in [0.15, 0.2) is 0 Å². The average Bonchev–Trinajstić information content (AvgIpc) is 2.49. The smallest absolute Gasteiger partial charge is 0.120 e. The number of fused-ring (bicyclic) bond motifs is 1. The molecule has 2 nitrogen and oxygen atoms in total. The van der Waals surface area contributed by atoms with E-state index in [2.05, 4.69) is 0 Å². The molecule has 3 fully saturated rings. The molecular formula is C10H14O2. The fourth-order valence-corrected chi connectivity index (χ4v) is 3.30. The van der Waals surface area contributed by atoms with Crippen molar-refractivity contribution in [2.45, 2.75) is 19.3 Å². The third-order valence-corrected chi connectivity index (χ3v) is 4.03. The zero-order chi connectivity index (χ0) is 8.18. The number of hydrogen-bond acceptors (Lipinski definition) is 2. The monoisotopic (exact) mass is 166 g/mol. The van der Waals surface area contributed by atoms with Crippen molar-refractivity contribution in [3.63, 3.8) is 0 Å². The van der Waals surface area contributed by atoms with E-state index in [0.717, 1.165) is 43.7 Å². The second-order valence-electron chi connectivity index (χ2n) is 4.79. The Morgan fingerprint density at radius 2 is 2.00 bits per heavy atom. The highest BCUT2D eigenvalue weighted by molar-refractivity contribution is 5.51. The van der Waals surface area contributed by atoms with Crippen molar-refractivity contribution in [1.82, 2.24) is 0 Å². The summed E-state index contributed by atoms with van der Waals surface area (Å²) in [4.78, 5) is 10.3. The van der Waals surface area contributed by atoms with Crippen molar-refractivity contribution in [1.29, 1.82) is 0 Å². The van der Waals surface area contributed by atoms with Gasteiger partial charge in [-0.05, 0) is 30.6 Å². The van der Waals surface area contributed by atoms with Gasteiger partial charge in [0.05, 0.1) is 13.2 Å². The minimum absolute atomic E-state index is 0.578. The zero-order valence-corrected chi connectivity index (χ0v) is 7.16. The van der Waals surface area contributed by atoms with Crippen molar-refractivity contribution in [3.05, 3.63) is 0 Å². The van der Waals surface area contributed by atoms with Crippen LogP contribution in [0.3, 0.4) is 0 Å². The Bertz CT molecular complexity index is 206. The largest absolute Gasteiger partial charge is 0.380 e. The molecule has 1 heterocycles. The van der Waals surface area contributed by atoms with E-state index >= 15 is 0 Å².